The lowest BCUT2D eigenvalue weighted by molar-refractivity contribution is 0.615. The summed E-state index contributed by atoms with van der Waals surface area (Å²) in [7, 11) is 0. The molecular formula is C14H23N3. The average Bonchev–Trinajstić information content (AvgIpc) is 2.33. The highest BCUT2D eigenvalue weighted by molar-refractivity contribution is 5.37. The van der Waals surface area contributed by atoms with Crippen molar-refractivity contribution in [2.45, 2.75) is 39.5 Å². The van der Waals surface area contributed by atoms with Crippen LogP contribution in [-0.2, 0) is 0 Å². The second kappa shape index (κ2) is 11.1. The lowest BCUT2D eigenvalue weighted by atomic mass is 10.1. The number of nitrogens with one attached hydrogen (secondary N) is 1. The number of aliphatic imine (C=N–C) groups is 1. The van der Waals surface area contributed by atoms with E-state index in [2.05, 4.69) is 30.0 Å². The largest absolute Gasteiger partial charge is 0.317 e. The van der Waals surface area contributed by atoms with Crippen molar-refractivity contribution in [1.29, 1.82) is 5.26 Å². The van der Waals surface area contributed by atoms with Crippen molar-refractivity contribution < 1.29 is 0 Å². The first kappa shape index (κ1) is 15.6. The minimum absolute atomic E-state index is 0.571. The van der Waals surface area contributed by atoms with Gasteiger partial charge in [0.1, 0.15) is 6.07 Å². The summed E-state index contributed by atoms with van der Waals surface area (Å²) in [4.78, 5) is 3.60. The number of allylic oxidation sites excluding steroid dienone is 3. The highest BCUT2D eigenvalue weighted by Crippen LogP contribution is 2.09. The summed E-state index contributed by atoms with van der Waals surface area (Å²) < 4.78 is 0. The van der Waals surface area contributed by atoms with Crippen LogP contribution in [0, 0.1) is 11.3 Å². The first-order valence-electron chi connectivity index (χ1n) is 6.18. The molecule has 0 aromatic carbocycles. The van der Waals surface area contributed by atoms with Crippen molar-refractivity contribution >= 4 is 6.72 Å². The molecule has 94 valence electrons. The highest BCUT2D eigenvalue weighted by atomic mass is 14.8. The molecule has 0 saturated heterocycles. The minimum Gasteiger partial charge on any atom is -0.317 e. The van der Waals surface area contributed by atoms with Crippen LogP contribution in [0.4, 0.5) is 0 Å². The second-order valence-electron chi connectivity index (χ2n) is 4.08. The van der Waals surface area contributed by atoms with Gasteiger partial charge in [-0.2, -0.15) is 5.26 Å². The van der Waals surface area contributed by atoms with Crippen LogP contribution in [0.3, 0.4) is 0 Å². The topological polar surface area (TPSA) is 48.2 Å². The predicted octanol–water partition coefficient (Wildman–Crippen LogP) is 3.21. The van der Waals surface area contributed by atoms with E-state index in [0.717, 1.165) is 25.9 Å². The fourth-order valence-electron chi connectivity index (χ4n) is 1.49. The van der Waals surface area contributed by atoms with Crippen molar-refractivity contribution in [3.8, 4) is 6.07 Å². The molecular weight excluding hydrogens is 210 g/mol. The van der Waals surface area contributed by atoms with E-state index in [9.17, 15) is 0 Å². The van der Waals surface area contributed by atoms with Gasteiger partial charge in [-0.15, -0.1) is 0 Å². The van der Waals surface area contributed by atoms with Crippen molar-refractivity contribution in [2.75, 3.05) is 13.1 Å². The van der Waals surface area contributed by atoms with E-state index in [0.29, 0.717) is 5.57 Å². The van der Waals surface area contributed by atoms with E-state index in [1.165, 1.54) is 24.6 Å². The van der Waals surface area contributed by atoms with Gasteiger partial charge in [0.05, 0.1) is 5.57 Å². The van der Waals surface area contributed by atoms with Crippen molar-refractivity contribution in [3.63, 3.8) is 0 Å². The van der Waals surface area contributed by atoms with Gasteiger partial charge in [0, 0.05) is 6.20 Å². The third kappa shape index (κ3) is 9.52. The van der Waals surface area contributed by atoms with Crippen molar-refractivity contribution in [2.24, 2.45) is 4.99 Å². The Hall–Kier alpha value is -1.40. The Kier molecular flexibility index (Phi) is 10.2. The molecule has 0 radical (unpaired) electrons. The molecule has 0 aromatic rings. The molecule has 0 aromatic heterocycles. The molecule has 0 bridgehead atoms. The maximum absolute atomic E-state index is 8.81. The van der Waals surface area contributed by atoms with E-state index in [-0.39, 0.29) is 0 Å². The van der Waals surface area contributed by atoms with Gasteiger partial charge < -0.3 is 5.32 Å². The van der Waals surface area contributed by atoms with E-state index in [1.54, 1.807) is 0 Å². The van der Waals surface area contributed by atoms with Crippen LogP contribution in [0.15, 0.2) is 28.4 Å². The molecule has 1 N–H and O–H groups in total. The Morgan fingerprint density at radius 2 is 2.18 bits per heavy atom. The summed E-state index contributed by atoms with van der Waals surface area (Å²) >= 11 is 0. The van der Waals surface area contributed by atoms with Gasteiger partial charge in [-0.3, -0.25) is 4.99 Å². The van der Waals surface area contributed by atoms with E-state index >= 15 is 0 Å². The Balaban J connectivity index is 3.82. The summed E-state index contributed by atoms with van der Waals surface area (Å²) in [5.41, 5.74) is 1.79. The predicted molar refractivity (Wildman–Crippen MR) is 74.0 cm³/mol. The molecule has 3 heteroatoms. The molecule has 17 heavy (non-hydrogen) atoms. The zero-order chi connectivity index (χ0) is 12.9. The molecule has 0 heterocycles. The van der Waals surface area contributed by atoms with Crippen LogP contribution in [0.1, 0.15) is 39.5 Å². The Bertz CT molecular complexity index is 308. The third-order valence-electron chi connectivity index (χ3n) is 2.36. The van der Waals surface area contributed by atoms with Crippen molar-refractivity contribution in [3.05, 3.63) is 23.4 Å². The van der Waals surface area contributed by atoms with Gasteiger partial charge in [0.25, 0.3) is 0 Å². The first-order valence-corrected chi connectivity index (χ1v) is 6.18. The maximum atomic E-state index is 8.81. The van der Waals surface area contributed by atoms with Crippen LogP contribution in [0.2, 0.25) is 0 Å². The van der Waals surface area contributed by atoms with E-state index in [1.807, 2.05) is 13.0 Å². The van der Waals surface area contributed by atoms with E-state index in [4.69, 9.17) is 5.26 Å². The van der Waals surface area contributed by atoms with Gasteiger partial charge in [-0.1, -0.05) is 12.5 Å². The number of hydrogen-bond acceptors (Lipinski definition) is 3. The molecule has 0 atom stereocenters. The molecule has 0 unspecified atom stereocenters. The van der Waals surface area contributed by atoms with E-state index < -0.39 is 0 Å². The average molecular weight is 233 g/mol. The maximum Gasteiger partial charge on any atom is 0.101 e. The standard InChI is InChI=1S/C14H23N3/c1-4-8-17-9-6-5-7-13(2)10-14(11-15)12-16-3/h10,12,17H,3-9H2,1-2H3/b13-10+,14-12+. The molecule has 0 spiro atoms. The molecule has 0 amide bonds. The zero-order valence-corrected chi connectivity index (χ0v) is 11.0. The number of nitriles is 1. The van der Waals surface area contributed by atoms with Gasteiger partial charge in [-0.05, 0) is 58.5 Å². The summed E-state index contributed by atoms with van der Waals surface area (Å²) in [6.07, 6.45) is 7.92. The normalized spacial score (nSPS) is 12.3. The summed E-state index contributed by atoms with van der Waals surface area (Å²) in [6.45, 7) is 9.74. The molecule has 0 aliphatic heterocycles. The quantitative estimate of drug-likeness (QED) is 0.288. The van der Waals surface area contributed by atoms with Crippen molar-refractivity contribution in [1.82, 2.24) is 5.32 Å². The minimum atomic E-state index is 0.571. The van der Waals surface area contributed by atoms with Gasteiger partial charge in [0.2, 0.25) is 0 Å². The molecule has 0 aliphatic carbocycles. The molecule has 0 aliphatic rings. The molecule has 3 nitrogen and oxygen atoms in total. The third-order valence-corrected chi connectivity index (χ3v) is 2.36. The monoisotopic (exact) mass is 233 g/mol. The Morgan fingerprint density at radius 3 is 2.76 bits per heavy atom. The number of hydrogen-bond donors (Lipinski definition) is 1. The lowest BCUT2D eigenvalue weighted by Gasteiger charge is -2.03. The zero-order valence-electron chi connectivity index (χ0n) is 11.0. The SMILES string of the molecule is C=N/C=C(C#N)\C=C(/C)CCCCNCCC. The fourth-order valence-corrected chi connectivity index (χ4v) is 1.49. The number of nitrogens with zero attached hydrogens (tertiary/aromatic N) is 2. The smallest absolute Gasteiger partial charge is 0.101 e. The van der Waals surface area contributed by atoms with Gasteiger partial charge in [-0.25, -0.2) is 0 Å². The van der Waals surface area contributed by atoms with Crippen LogP contribution in [0.5, 0.6) is 0 Å². The lowest BCUT2D eigenvalue weighted by Crippen LogP contribution is -2.15. The van der Waals surface area contributed by atoms with Gasteiger partial charge >= 0.3 is 0 Å². The van der Waals surface area contributed by atoms with Crippen LogP contribution < -0.4 is 5.32 Å². The second-order valence-corrected chi connectivity index (χ2v) is 4.08. The molecule has 0 rings (SSSR count). The number of unbranched alkanes of at least 4 members (excludes halogenated alkanes) is 1. The Morgan fingerprint density at radius 1 is 1.41 bits per heavy atom. The summed E-state index contributed by atoms with van der Waals surface area (Å²) in [5.74, 6) is 0. The Labute approximate surface area is 105 Å². The van der Waals surface area contributed by atoms with Crippen LogP contribution in [-0.4, -0.2) is 19.8 Å². The summed E-state index contributed by atoms with van der Waals surface area (Å²) in [5, 5.41) is 12.2. The van der Waals surface area contributed by atoms with Crippen LogP contribution in [0.25, 0.3) is 0 Å². The first-order chi connectivity index (χ1) is 8.24. The fraction of sp³-hybridized carbons (Fsp3) is 0.571. The summed E-state index contributed by atoms with van der Waals surface area (Å²) in [6, 6.07) is 2.09. The molecule has 0 fully saturated rings. The van der Waals surface area contributed by atoms with Crippen LogP contribution >= 0.6 is 0 Å². The number of rotatable bonds is 9. The van der Waals surface area contributed by atoms with Gasteiger partial charge in [0.15, 0.2) is 0 Å². The highest BCUT2D eigenvalue weighted by Gasteiger charge is 1.94. The molecule has 0 saturated carbocycles.